The predicted octanol–water partition coefficient (Wildman–Crippen LogP) is 3.32. The van der Waals surface area contributed by atoms with Crippen molar-refractivity contribution in [2.45, 2.75) is 37.1 Å². The first-order chi connectivity index (χ1) is 14.5. The number of sulfonamides is 1. The van der Waals surface area contributed by atoms with Gasteiger partial charge < -0.3 is 10.1 Å². The van der Waals surface area contributed by atoms with E-state index in [1.54, 1.807) is 0 Å². The first kappa shape index (κ1) is 20.8. The van der Waals surface area contributed by atoms with Gasteiger partial charge in [-0.1, -0.05) is 18.6 Å². The second kappa shape index (κ2) is 9.14. The average molecular weight is 432 g/mol. The molecule has 4 rings (SSSR count). The summed E-state index contributed by atoms with van der Waals surface area (Å²) in [7, 11) is -3.75. The summed E-state index contributed by atoms with van der Waals surface area (Å²) in [4.78, 5) is 2.51. The molecule has 0 aliphatic carbocycles. The second-order valence-corrected chi connectivity index (χ2v) is 9.24. The van der Waals surface area contributed by atoms with E-state index in [0.29, 0.717) is 19.6 Å². The summed E-state index contributed by atoms with van der Waals surface area (Å²) in [6.07, 6.45) is 4.52. The molecule has 2 aliphatic rings. The van der Waals surface area contributed by atoms with Gasteiger partial charge in [0.25, 0.3) is 10.0 Å². The number of amidine groups is 1. The van der Waals surface area contributed by atoms with E-state index in [1.165, 1.54) is 37.0 Å². The lowest BCUT2D eigenvalue weighted by molar-refractivity contribution is 0.220. The van der Waals surface area contributed by atoms with Crippen molar-refractivity contribution in [1.29, 1.82) is 0 Å². The Kier molecular flexibility index (Phi) is 6.34. The van der Waals surface area contributed by atoms with Crippen molar-refractivity contribution in [3.05, 3.63) is 59.4 Å². The Bertz CT molecular complexity index is 1030. The lowest BCUT2D eigenvalue weighted by Crippen LogP contribution is -2.29. The highest BCUT2D eigenvalue weighted by Gasteiger charge is 2.29. The normalized spacial score (nSPS) is 18.0. The molecule has 1 saturated heterocycles. The summed E-state index contributed by atoms with van der Waals surface area (Å²) in [5.74, 6) is 0.527. The second-order valence-electron chi connectivity index (χ2n) is 7.67. The fourth-order valence-electron chi connectivity index (χ4n) is 3.84. The fraction of sp³-hybridized carbons (Fsp3) is 0.409. The third-order valence-corrected chi connectivity index (χ3v) is 6.66. The molecule has 0 bridgehead atoms. The summed E-state index contributed by atoms with van der Waals surface area (Å²) in [6, 6.07) is 11.7. The highest BCUT2D eigenvalue weighted by Crippen LogP contribution is 2.26. The largest absolute Gasteiger partial charge is 0.494 e. The minimum absolute atomic E-state index is 0.0353. The zero-order valence-electron chi connectivity index (χ0n) is 16.8. The molecular formula is C22H26FN3O3S. The monoisotopic (exact) mass is 431 g/mol. The van der Waals surface area contributed by atoms with E-state index < -0.39 is 15.8 Å². The lowest BCUT2D eigenvalue weighted by atomic mass is 10.1. The molecule has 30 heavy (non-hydrogen) atoms. The quantitative estimate of drug-likeness (QED) is 0.681. The summed E-state index contributed by atoms with van der Waals surface area (Å²) in [6.45, 7) is 4.21. The number of benzene rings is 2. The molecular weight excluding hydrogens is 405 g/mol. The number of hydrogen-bond donors (Lipinski definition) is 1. The molecule has 0 atom stereocenters. The van der Waals surface area contributed by atoms with Gasteiger partial charge in [0.15, 0.2) is 0 Å². The van der Waals surface area contributed by atoms with Crippen molar-refractivity contribution in [3.63, 3.8) is 0 Å². The van der Waals surface area contributed by atoms with Crippen LogP contribution in [0, 0.1) is 5.82 Å². The van der Waals surface area contributed by atoms with E-state index in [9.17, 15) is 12.8 Å². The Morgan fingerprint density at radius 3 is 2.77 bits per heavy atom. The minimum Gasteiger partial charge on any atom is -0.494 e. The first-order valence-electron chi connectivity index (χ1n) is 10.3. The predicted molar refractivity (Wildman–Crippen MR) is 114 cm³/mol. The van der Waals surface area contributed by atoms with Gasteiger partial charge in [0.2, 0.25) is 0 Å². The van der Waals surface area contributed by atoms with Crippen LogP contribution in [0.5, 0.6) is 5.75 Å². The van der Waals surface area contributed by atoms with Crippen molar-refractivity contribution >= 4 is 15.9 Å². The maximum absolute atomic E-state index is 13.5. The van der Waals surface area contributed by atoms with Crippen LogP contribution < -0.4 is 10.1 Å². The Hall–Kier alpha value is -2.45. The molecule has 6 nitrogen and oxygen atoms in total. The molecule has 0 amide bonds. The topological polar surface area (TPSA) is 71.0 Å². The van der Waals surface area contributed by atoms with Crippen molar-refractivity contribution in [2.75, 3.05) is 26.2 Å². The molecule has 0 unspecified atom stereocenters. The maximum Gasteiger partial charge on any atom is 0.285 e. The van der Waals surface area contributed by atoms with Crippen LogP contribution in [-0.2, 0) is 16.6 Å². The highest BCUT2D eigenvalue weighted by atomic mass is 32.2. The molecule has 0 radical (unpaired) electrons. The molecule has 1 N–H and O–H groups in total. The van der Waals surface area contributed by atoms with Crippen LogP contribution in [0.25, 0.3) is 0 Å². The number of nitrogens with one attached hydrogen (secondary N) is 1. The van der Waals surface area contributed by atoms with Gasteiger partial charge in [-0.15, -0.1) is 4.40 Å². The van der Waals surface area contributed by atoms with Gasteiger partial charge in [-0.2, -0.15) is 8.42 Å². The molecule has 160 valence electrons. The number of ether oxygens (including phenoxy) is 1. The zero-order chi connectivity index (χ0) is 21.0. The summed E-state index contributed by atoms with van der Waals surface area (Å²) in [5, 5.41) is 2.99. The Morgan fingerprint density at radius 2 is 1.93 bits per heavy atom. The minimum atomic E-state index is -3.75. The van der Waals surface area contributed by atoms with E-state index in [1.807, 2.05) is 12.1 Å². The van der Waals surface area contributed by atoms with Crippen LogP contribution >= 0.6 is 0 Å². The molecule has 2 aromatic carbocycles. The van der Waals surface area contributed by atoms with Gasteiger partial charge in [0.05, 0.1) is 6.61 Å². The standard InChI is InChI=1S/C22H26FN3O3S/c23-18-8-9-21-20(15-18)22(25-30(21,27)28)24-10-5-13-29-19-7-4-6-17(14-19)16-26-11-2-1-3-12-26/h4,6-9,14-15H,1-3,5,10-13,16H2,(H,24,25). The lowest BCUT2D eigenvalue weighted by Gasteiger charge is -2.26. The Labute approximate surface area is 176 Å². The van der Waals surface area contributed by atoms with Crippen LogP contribution in [0.1, 0.15) is 36.8 Å². The van der Waals surface area contributed by atoms with Crippen molar-refractivity contribution in [1.82, 2.24) is 10.2 Å². The Morgan fingerprint density at radius 1 is 1.10 bits per heavy atom. The van der Waals surface area contributed by atoms with Gasteiger partial charge in [0.1, 0.15) is 22.3 Å². The molecule has 8 heteroatoms. The molecule has 2 heterocycles. The van der Waals surface area contributed by atoms with E-state index in [2.05, 4.69) is 26.7 Å². The molecule has 2 aromatic rings. The number of halogens is 1. The van der Waals surface area contributed by atoms with Crippen molar-refractivity contribution < 1.29 is 17.5 Å². The van der Waals surface area contributed by atoms with Crippen LogP contribution in [0.15, 0.2) is 51.8 Å². The van der Waals surface area contributed by atoms with Crippen LogP contribution in [-0.4, -0.2) is 45.4 Å². The van der Waals surface area contributed by atoms with Gasteiger partial charge in [-0.3, -0.25) is 4.90 Å². The third-order valence-electron chi connectivity index (χ3n) is 5.32. The zero-order valence-corrected chi connectivity index (χ0v) is 17.6. The van der Waals surface area contributed by atoms with Gasteiger partial charge in [-0.25, -0.2) is 4.39 Å². The summed E-state index contributed by atoms with van der Waals surface area (Å²) in [5.41, 5.74) is 1.53. The van der Waals surface area contributed by atoms with Crippen molar-refractivity contribution in [3.8, 4) is 5.75 Å². The number of piperidine rings is 1. The first-order valence-corrected chi connectivity index (χ1v) is 11.8. The maximum atomic E-state index is 13.5. The Balaban J connectivity index is 1.25. The van der Waals surface area contributed by atoms with Crippen LogP contribution in [0.4, 0.5) is 4.39 Å². The van der Waals surface area contributed by atoms with E-state index in [0.717, 1.165) is 31.5 Å². The average Bonchev–Trinajstić information content (AvgIpc) is 2.98. The SMILES string of the molecule is O=S1(=O)N=C(NCCCOc2cccc(CN3CCCCC3)c2)c2cc(F)ccc21. The van der Waals surface area contributed by atoms with E-state index in [-0.39, 0.29) is 16.3 Å². The fourth-order valence-corrected chi connectivity index (χ4v) is 5.01. The van der Waals surface area contributed by atoms with Gasteiger partial charge >= 0.3 is 0 Å². The highest BCUT2D eigenvalue weighted by molar-refractivity contribution is 7.90. The molecule has 0 aromatic heterocycles. The molecule has 2 aliphatic heterocycles. The number of nitrogens with zero attached hydrogens (tertiary/aromatic N) is 2. The summed E-state index contributed by atoms with van der Waals surface area (Å²) >= 11 is 0. The number of rotatable bonds is 7. The summed E-state index contributed by atoms with van der Waals surface area (Å²) < 4.78 is 47.2. The number of hydrogen-bond acceptors (Lipinski definition) is 5. The molecule has 0 saturated carbocycles. The third kappa shape index (κ3) is 4.99. The van der Waals surface area contributed by atoms with E-state index in [4.69, 9.17) is 4.74 Å². The number of fused-ring (bicyclic) bond motifs is 1. The van der Waals surface area contributed by atoms with Gasteiger partial charge in [-0.05, 0) is 68.2 Å². The van der Waals surface area contributed by atoms with Crippen LogP contribution in [0.2, 0.25) is 0 Å². The van der Waals surface area contributed by atoms with E-state index >= 15 is 0 Å². The molecule has 1 fully saturated rings. The van der Waals surface area contributed by atoms with Crippen LogP contribution in [0.3, 0.4) is 0 Å². The van der Waals surface area contributed by atoms with Crippen molar-refractivity contribution in [2.24, 2.45) is 4.40 Å². The smallest absolute Gasteiger partial charge is 0.285 e. The molecule has 0 spiro atoms. The number of likely N-dealkylation sites (tertiary alicyclic amines) is 1. The van der Waals surface area contributed by atoms with Gasteiger partial charge in [0, 0.05) is 18.7 Å².